The summed E-state index contributed by atoms with van der Waals surface area (Å²) >= 11 is 1.67. The molecule has 160 valence electrons. The smallest absolute Gasteiger partial charge is 0.193 e. The van der Waals surface area contributed by atoms with E-state index in [0.29, 0.717) is 0 Å². The Morgan fingerprint density at radius 1 is 1.00 bits per heavy atom. The van der Waals surface area contributed by atoms with Gasteiger partial charge in [0.25, 0.3) is 0 Å². The molecule has 7 heteroatoms. The number of aliphatic imine (C=N–C) groups is 1. The molecule has 4 nitrogen and oxygen atoms in total. The Morgan fingerprint density at radius 2 is 1.54 bits per heavy atom. The van der Waals surface area contributed by atoms with Gasteiger partial charge in [0, 0.05) is 0 Å². The second-order valence-corrected chi connectivity index (χ2v) is 21.3. The maximum Gasteiger partial charge on any atom is 0.193 e. The molecule has 0 bridgehead atoms. The van der Waals surface area contributed by atoms with Gasteiger partial charge in [-0.25, -0.2) is 0 Å². The maximum absolute atomic E-state index is 10.1. The largest absolute Gasteiger partial charge is 0.409 e. The lowest BCUT2D eigenvalue weighted by molar-refractivity contribution is 0.0538. The average molecular weight is 442 g/mol. The summed E-state index contributed by atoms with van der Waals surface area (Å²) in [6.07, 6.45) is -0.470. The first-order valence-corrected chi connectivity index (χ1v) is 16.9. The Balaban J connectivity index is 2.46. The molecule has 1 aliphatic heterocycles. The molecule has 2 heterocycles. The third-order valence-corrected chi connectivity index (χ3v) is 16.5. The van der Waals surface area contributed by atoms with Gasteiger partial charge in [-0.15, -0.1) is 11.3 Å². The summed E-state index contributed by atoms with van der Waals surface area (Å²) < 4.78 is 13.7. The maximum atomic E-state index is 10.1. The van der Waals surface area contributed by atoms with Gasteiger partial charge in [0.2, 0.25) is 0 Å². The third-order valence-electron chi connectivity index (χ3n) is 6.68. The molecule has 1 N–H and O–H groups in total. The predicted octanol–water partition coefficient (Wildman–Crippen LogP) is 5.69. The minimum absolute atomic E-state index is 0.0223. The number of hydrogen-bond donors (Lipinski definition) is 1. The molecular formula is C21H39NO3SSi2. The fourth-order valence-electron chi connectivity index (χ4n) is 2.73. The topological polar surface area (TPSA) is 51.0 Å². The monoisotopic (exact) mass is 441 g/mol. The van der Waals surface area contributed by atoms with E-state index in [0.717, 1.165) is 10.6 Å². The highest BCUT2D eigenvalue weighted by Crippen LogP contribution is 2.43. The molecule has 0 radical (unpaired) electrons. The lowest BCUT2D eigenvalue weighted by Crippen LogP contribution is -2.54. The molecule has 0 aliphatic carbocycles. The zero-order valence-corrected chi connectivity index (χ0v) is 22.1. The highest BCUT2D eigenvalue weighted by atomic mass is 32.1. The number of aliphatic hydroxyl groups is 1. The van der Waals surface area contributed by atoms with E-state index in [1.807, 2.05) is 6.07 Å². The average Bonchev–Trinajstić information content (AvgIpc) is 3.13. The summed E-state index contributed by atoms with van der Waals surface area (Å²) in [5.74, 6) is 0. The standard InChI is InChI=1S/C21H39NO3SSi2/c1-20(2,3)27(7,8)24-18-15(14-23)22-17(16-12-11-13-26-16)19(18)25-28(9,10)21(4,5)6/h11-13,15,18-19,23H,14H2,1-10H3/t15-,18-,19+/m1/s1. The van der Waals surface area contributed by atoms with Crippen molar-refractivity contribution >= 4 is 33.7 Å². The van der Waals surface area contributed by atoms with Crippen molar-refractivity contribution in [2.24, 2.45) is 4.99 Å². The van der Waals surface area contributed by atoms with Crippen LogP contribution in [-0.2, 0) is 8.85 Å². The van der Waals surface area contributed by atoms with Crippen molar-refractivity contribution in [2.75, 3.05) is 6.61 Å². The van der Waals surface area contributed by atoms with E-state index in [-0.39, 0.29) is 34.9 Å². The molecule has 0 fully saturated rings. The van der Waals surface area contributed by atoms with Gasteiger partial charge in [0.15, 0.2) is 16.6 Å². The summed E-state index contributed by atoms with van der Waals surface area (Å²) in [6, 6.07) is 3.86. The van der Waals surface area contributed by atoms with Crippen LogP contribution in [0, 0.1) is 0 Å². The molecule has 0 saturated heterocycles. The van der Waals surface area contributed by atoms with E-state index in [9.17, 15) is 5.11 Å². The Hall–Kier alpha value is -0.316. The first kappa shape index (κ1) is 24.0. The van der Waals surface area contributed by atoms with Crippen molar-refractivity contribution in [3.05, 3.63) is 22.4 Å². The summed E-state index contributed by atoms with van der Waals surface area (Å²) in [4.78, 5) is 6.03. The van der Waals surface area contributed by atoms with E-state index in [1.54, 1.807) is 11.3 Å². The summed E-state index contributed by atoms with van der Waals surface area (Å²) in [5.41, 5.74) is 0.947. The number of nitrogens with zero attached hydrogens (tertiary/aromatic N) is 1. The first-order chi connectivity index (χ1) is 12.6. The Bertz CT molecular complexity index is 687. The van der Waals surface area contributed by atoms with Crippen LogP contribution in [0.3, 0.4) is 0 Å². The highest BCUT2D eigenvalue weighted by molar-refractivity contribution is 7.12. The molecule has 0 unspecified atom stereocenters. The van der Waals surface area contributed by atoms with E-state index in [1.165, 1.54) is 0 Å². The fourth-order valence-corrected chi connectivity index (χ4v) is 6.03. The highest BCUT2D eigenvalue weighted by Gasteiger charge is 2.50. The molecule has 0 aromatic carbocycles. The minimum Gasteiger partial charge on any atom is -0.409 e. The van der Waals surface area contributed by atoms with Gasteiger partial charge in [-0.1, -0.05) is 47.6 Å². The van der Waals surface area contributed by atoms with E-state index >= 15 is 0 Å². The second kappa shape index (κ2) is 8.08. The molecule has 28 heavy (non-hydrogen) atoms. The van der Waals surface area contributed by atoms with Crippen LogP contribution in [0.25, 0.3) is 0 Å². The fraction of sp³-hybridized carbons (Fsp3) is 0.762. The Labute approximate surface area is 177 Å². The van der Waals surface area contributed by atoms with Gasteiger partial charge in [-0.3, -0.25) is 4.99 Å². The molecule has 0 spiro atoms. The first-order valence-electron chi connectivity index (χ1n) is 10.2. The van der Waals surface area contributed by atoms with Gasteiger partial charge < -0.3 is 14.0 Å². The molecule has 1 aliphatic rings. The van der Waals surface area contributed by atoms with Crippen LogP contribution in [-0.4, -0.2) is 52.3 Å². The quantitative estimate of drug-likeness (QED) is 0.577. The van der Waals surface area contributed by atoms with Gasteiger partial charge in [0.05, 0.1) is 17.2 Å². The van der Waals surface area contributed by atoms with Crippen LogP contribution in [0.2, 0.25) is 36.3 Å². The SMILES string of the molecule is CC(C)(C)[Si](C)(C)O[C@@H]1[C@@H](CO)N=C(c2cccs2)[C@@H]1O[Si](C)(C)C(C)(C)C. The van der Waals surface area contributed by atoms with Crippen LogP contribution in [0.4, 0.5) is 0 Å². The van der Waals surface area contributed by atoms with Crippen LogP contribution >= 0.6 is 11.3 Å². The van der Waals surface area contributed by atoms with Crippen molar-refractivity contribution in [1.82, 2.24) is 0 Å². The number of rotatable bonds is 6. The van der Waals surface area contributed by atoms with Crippen molar-refractivity contribution in [2.45, 2.75) is 96.1 Å². The van der Waals surface area contributed by atoms with Crippen molar-refractivity contribution in [1.29, 1.82) is 0 Å². The molecule has 2 rings (SSSR count). The van der Waals surface area contributed by atoms with E-state index in [2.05, 4.69) is 79.2 Å². The number of thiophene rings is 1. The van der Waals surface area contributed by atoms with Crippen molar-refractivity contribution in [3.63, 3.8) is 0 Å². The zero-order valence-electron chi connectivity index (χ0n) is 19.3. The lowest BCUT2D eigenvalue weighted by Gasteiger charge is -2.44. The molecular weight excluding hydrogens is 402 g/mol. The van der Waals surface area contributed by atoms with E-state index < -0.39 is 16.6 Å². The molecule has 0 amide bonds. The summed E-state index contributed by atoms with van der Waals surface area (Å²) in [5, 5.41) is 12.4. The lowest BCUT2D eigenvalue weighted by atomic mass is 10.1. The summed E-state index contributed by atoms with van der Waals surface area (Å²) in [7, 11) is -4.10. The number of hydrogen-bond acceptors (Lipinski definition) is 5. The Kier molecular flexibility index (Phi) is 6.91. The normalized spacial score (nSPS) is 24.5. The summed E-state index contributed by atoms with van der Waals surface area (Å²) in [6.45, 7) is 22.5. The number of aliphatic hydroxyl groups excluding tert-OH is 1. The third kappa shape index (κ3) is 4.87. The van der Waals surface area contributed by atoms with Gasteiger partial charge in [-0.05, 0) is 47.7 Å². The van der Waals surface area contributed by atoms with Crippen molar-refractivity contribution in [3.8, 4) is 0 Å². The zero-order chi connectivity index (χ0) is 21.5. The van der Waals surface area contributed by atoms with Crippen LogP contribution < -0.4 is 0 Å². The van der Waals surface area contributed by atoms with Gasteiger partial charge >= 0.3 is 0 Å². The molecule has 1 aromatic rings. The minimum atomic E-state index is -2.05. The van der Waals surface area contributed by atoms with Crippen molar-refractivity contribution < 1.29 is 14.0 Å². The van der Waals surface area contributed by atoms with Gasteiger partial charge in [-0.2, -0.15) is 0 Å². The Morgan fingerprint density at radius 3 is 1.96 bits per heavy atom. The molecule has 1 aromatic heterocycles. The van der Waals surface area contributed by atoms with Gasteiger partial charge in [0.1, 0.15) is 18.2 Å². The van der Waals surface area contributed by atoms with Crippen LogP contribution in [0.15, 0.2) is 22.5 Å². The van der Waals surface area contributed by atoms with Crippen LogP contribution in [0.5, 0.6) is 0 Å². The predicted molar refractivity (Wildman–Crippen MR) is 126 cm³/mol. The second-order valence-electron chi connectivity index (χ2n) is 10.9. The molecule has 0 saturated carbocycles. The van der Waals surface area contributed by atoms with E-state index in [4.69, 9.17) is 13.8 Å². The molecule has 3 atom stereocenters. The van der Waals surface area contributed by atoms with Crippen LogP contribution in [0.1, 0.15) is 46.4 Å².